The van der Waals surface area contributed by atoms with E-state index < -0.39 is 5.97 Å². The molecule has 1 amide bonds. The fraction of sp³-hybridized carbons (Fsp3) is 0.611. The molecule has 0 radical (unpaired) electrons. The van der Waals surface area contributed by atoms with Gasteiger partial charge in [-0.25, -0.2) is 9.78 Å². The van der Waals surface area contributed by atoms with Crippen LogP contribution in [0.25, 0.3) is 0 Å². The third-order valence-corrected chi connectivity index (χ3v) is 4.72. The van der Waals surface area contributed by atoms with Gasteiger partial charge in [0.25, 0.3) is 5.91 Å². The highest BCUT2D eigenvalue weighted by Crippen LogP contribution is 2.24. The first-order valence-corrected chi connectivity index (χ1v) is 8.81. The van der Waals surface area contributed by atoms with Crippen LogP contribution in [-0.4, -0.2) is 35.6 Å². The van der Waals surface area contributed by atoms with E-state index in [1.807, 2.05) is 0 Å². The molecule has 3 rings (SSSR count). The number of amides is 1. The summed E-state index contributed by atoms with van der Waals surface area (Å²) in [5.41, 5.74) is 0.357. The van der Waals surface area contributed by atoms with Crippen LogP contribution in [0, 0.1) is 5.92 Å². The molecule has 2 N–H and O–H groups in total. The quantitative estimate of drug-likeness (QED) is 0.783. The molecule has 2 saturated carbocycles. The van der Waals surface area contributed by atoms with Crippen molar-refractivity contribution in [3.8, 4) is 0 Å². The van der Waals surface area contributed by atoms with Crippen LogP contribution in [-0.2, 0) is 9.53 Å². The molecule has 1 aromatic heterocycles. The summed E-state index contributed by atoms with van der Waals surface area (Å²) in [7, 11) is 0. The van der Waals surface area contributed by atoms with E-state index in [0.717, 1.165) is 25.1 Å². The molecule has 2 unspecified atom stereocenters. The Labute approximate surface area is 142 Å². The Morgan fingerprint density at radius 2 is 2.00 bits per heavy atom. The van der Waals surface area contributed by atoms with Crippen molar-refractivity contribution in [2.24, 2.45) is 5.92 Å². The van der Waals surface area contributed by atoms with Gasteiger partial charge in [0.15, 0.2) is 6.61 Å². The Balaban J connectivity index is 1.43. The van der Waals surface area contributed by atoms with Gasteiger partial charge in [-0.3, -0.25) is 4.79 Å². The number of pyridine rings is 1. The highest BCUT2D eigenvalue weighted by Gasteiger charge is 2.23. The predicted octanol–water partition coefficient (Wildman–Crippen LogP) is 2.51. The van der Waals surface area contributed by atoms with E-state index in [9.17, 15) is 9.59 Å². The Morgan fingerprint density at radius 1 is 1.21 bits per heavy atom. The first kappa shape index (κ1) is 16.7. The summed E-state index contributed by atoms with van der Waals surface area (Å²) < 4.78 is 5.09. The third-order valence-electron chi connectivity index (χ3n) is 4.72. The number of rotatable bonds is 6. The molecular weight excluding hydrogens is 306 g/mol. The Morgan fingerprint density at radius 3 is 2.67 bits per heavy atom. The van der Waals surface area contributed by atoms with Crippen molar-refractivity contribution in [2.75, 3.05) is 11.9 Å². The smallest absolute Gasteiger partial charge is 0.340 e. The molecule has 1 aromatic rings. The molecule has 130 valence electrons. The van der Waals surface area contributed by atoms with Gasteiger partial charge in [-0.15, -0.1) is 0 Å². The van der Waals surface area contributed by atoms with Gasteiger partial charge in [0.05, 0.1) is 5.56 Å². The van der Waals surface area contributed by atoms with Crippen molar-refractivity contribution in [2.45, 2.75) is 57.5 Å². The average molecular weight is 331 g/mol. The molecule has 0 bridgehead atoms. The van der Waals surface area contributed by atoms with E-state index in [4.69, 9.17) is 4.74 Å². The lowest BCUT2D eigenvalue weighted by atomic mass is 9.86. The summed E-state index contributed by atoms with van der Waals surface area (Å²) in [6.07, 6.45) is 8.32. The number of hydrogen-bond acceptors (Lipinski definition) is 5. The molecule has 1 heterocycles. The molecule has 0 saturated heterocycles. The minimum Gasteiger partial charge on any atom is -0.452 e. The summed E-state index contributed by atoms with van der Waals surface area (Å²) >= 11 is 0. The second-order valence-corrected chi connectivity index (χ2v) is 6.86. The van der Waals surface area contributed by atoms with Gasteiger partial charge < -0.3 is 15.4 Å². The third kappa shape index (κ3) is 4.69. The zero-order valence-corrected chi connectivity index (χ0v) is 14.1. The maximum atomic E-state index is 12.0. The molecule has 0 spiro atoms. The predicted molar refractivity (Wildman–Crippen MR) is 90.7 cm³/mol. The lowest BCUT2D eigenvalue weighted by Crippen LogP contribution is -2.42. The van der Waals surface area contributed by atoms with Crippen LogP contribution in [0.5, 0.6) is 0 Å². The number of carbonyl (C=O) groups is 2. The van der Waals surface area contributed by atoms with Crippen LogP contribution in [0.1, 0.15) is 55.8 Å². The van der Waals surface area contributed by atoms with Crippen LogP contribution in [0.15, 0.2) is 18.3 Å². The van der Waals surface area contributed by atoms with Gasteiger partial charge >= 0.3 is 5.97 Å². The average Bonchev–Trinajstić information content (AvgIpc) is 3.39. The molecule has 2 aliphatic rings. The molecule has 2 aliphatic carbocycles. The number of esters is 1. The Hall–Kier alpha value is -2.11. The number of anilines is 1. The van der Waals surface area contributed by atoms with Crippen molar-refractivity contribution < 1.29 is 14.3 Å². The molecule has 0 aliphatic heterocycles. The maximum absolute atomic E-state index is 12.0. The summed E-state index contributed by atoms with van der Waals surface area (Å²) in [5, 5.41) is 6.23. The second kappa shape index (κ2) is 7.64. The second-order valence-electron chi connectivity index (χ2n) is 6.86. The van der Waals surface area contributed by atoms with E-state index in [-0.39, 0.29) is 18.6 Å². The van der Waals surface area contributed by atoms with E-state index in [1.54, 1.807) is 12.1 Å². The summed E-state index contributed by atoms with van der Waals surface area (Å²) in [4.78, 5) is 28.1. The molecule has 0 aromatic carbocycles. The number of nitrogens with zero attached hydrogens (tertiary/aromatic N) is 1. The lowest BCUT2D eigenvalue weighted by Gasteiger charge is -2.29. The van der Waals surface area contributed by atoms with Crippen molar-refractivity contribution in [3.05, 3.63) is 23.9 Å². The normalized spacial score (nSPS) is 23.4. The molecule has 2 fully saturated rings. The summed E-state index contributed by atoms with van der Waals surface area (Å²) in [5.74, 6) is 0.488. The van der Waals surface area contributed by atoms with E-state index in [1.165, 1.54) is 25.5 Å². The molecule has 6 heteroatoms. The van der Waals surface area contributed by atoms with Crippen molar-refractivity contribution in [3.63, 3.8) is 0 Å². The standard InChI is InChI=1S/C18H25N3O3/c1-12-4-2-3-5-15(12)21-17(22)11-24-18(23)13-6-9-16(19-10-13)20-14-7-8-14/h6,9-10,12,14-15H,2-5,7-8,11H2,1H3,(H,19,20)(H,21,22). The molecule has 6 nitrogen and oxygen atoms in total. The molecule has 2 atom stereocenters. The fourth-order valence-corrected chi connectivity index (χ4v) is 3.03. The van der Waals surface area contributed by atoms with Gasteiger partial charge in [0.2, 0.25) is 0 Å². The van der Waals surface area contributed by atoms with Crippen LogP contribution < -0.4 is 10.6 Å². The Bertz CT molecular complexity index is 584. The van der Waals surface area contributed by atoms with Crippen LogP contribution in [0.3, 0.4) is 0 Å². The van der Waals surface area contributed by atoms with Crippen molar-refractivity contribution in [1.29, 1.82) is 0 Å². The van der Waals surface area contributed by atoms with Crippen LogP contribution in [0.4, 0.5) is 5.82 Å². The number of nitrogens with one attached hydrogen (secondary N) is 2. The largest absolute Gasteiger partial charge is 0.452 e. The number of aromatic nitrogens is 1. The number of ether oxygens (including phenoxy) is 1. The fourth-order valence-electron chi connectivity index (χ4n) is 3.03. The molecular formula is C18H25N3O3. The minimum absolute atomic E-state index is 0.194. The van der Waals surface area contributed by atoms with E-state index in [0.29, 0.717) is 17.5 Å². The number of carbonyl (C=O) groups excluding carboxylic acids is 2. The van der Waals surface area contributed by atoms with E-state index in [2.05, 4.69) is 22.5 Å². The molecule has 24 heavy (non-hydrogen) atoms. The number of hydrogen-bond donors (Lipinski definition) is 2. The van der Waals surface area contributed by atoms with Gasteiger partial charge in [-0.1, -0.05) is 19.8 Å². The van der Waals surface area contributed by atoms with Gasteiger partial charge in [-0.2, -0.15) is 0 Å². The maximum Gasteiger partial charge on any atom is 0.340 e. The summed E-state index contributed by atoms with van der Waals surface area (Å²) in [6, 6.07) is 4.14. The van der Waals surface area contributed by atoms with Crippen LogP contribution >= 0.6 is 0 Å². The first-order valence-electron chi connectivity index (χ1n) is 8.81. The lowest BCUT2D eigenvalue weighted by molar-refractivity contribution is -0.125. The van der Waals surface area contributed by atoms with E-state index >= 15 is 0 Å². The van der Waals surface area contributed by atoms with Crippen molar-refractivity contribution >= 4 is 17.7 Å². The minimum atomic E-state index is -0.521. The zero-order valence-electron chi connectivity index (χ0n) is 14.1. The first-order chi connectivity index (χ1) is 11.6. The summed E-state index contributed by atoms with van der Waals surface area (Å²) in [6.45, 7) is 1.91. The van der Waals surface area contributed by atoms with Gasteiger partial charge in [-0.05, 0) is 43.7 Å². The Kier molecular flexibility index (Phi) is 5.33. The highest BCUT2D eigenvalue weighted by molar-refractivity contribution is 5.91. The van der Waals surface area contributed by atoms with Gasteiger partial charge in [0.1, 0.15) is 5.82 Å². The zero-order chi connectivity index (χ0) is 16.9. The highest BCUT2D eigenvalue weighted by atomic mass is 16.5. The van der Waals surface area contributed by atoms with Crippen molar-refractivity contribution in [1.82, 2.24) is 10.3 Å². The van der Waals surface area contributed by atoms with Crippen LogP contribution in [0.2, 0.25) is 0 Å². The SMILES string of the molecule is CC1CCCCC1NC(=O)COC(=O)c1ccc(NC2CC2)nc1. The topological polar surface area (TPSA) is 80.3 Å². The monoisotopic (exact) mass is 331 g/mol. The van der Waals surface area contributed by atoms with Gasteiger partial charge in [0, 0.05) is 18.3 Å².